The summed E-state index contributed by atoms with van der Waals surface area (Å²) in [5, 5.41) is 9.52. The van der Waals surface area contributed by atoms with Crippen LogP contribution in [-0.4, -0.2) is 11.7 Å². The molecule has 1 aromatic carbocycles. The second-order valence-corrected chi connectivity index (χ2v) is 4.27. The third-order valence-electron chi connectivity index (χ3n) is 2.68. The van der Waals surface area contributed by atoms with Gasteiger partial charge < -0.3 is 9.84 Å². The van der Waals surface area contributed by atoms with E-state index in [4.69, 9.17) is 4.74 Å². The van der Waals surface area contributed by atoms with Crippen LogP contribution in [0.4, 0.5) is 4.39 Å². The molecule has 0 heterocycles. The molecule has 0 unspecified atom stereocenters. The summed E-state index contributed by atoms with van der Waals surface area (Å²) in [6.07, 6.45) is 3.81. The van der Waals surface area contributed by atoms with E-state index in [9.17, 15) is 9.50 Å². The number of ether oxygens (including phenoxy) is 1. The fourth-order valence-corrected chi connectivity index (χ4v) is 1.69. The van der Waals surface area contributed by atoms with Crippen molar-refractivity contribution in [2.24, 2.45) is 0 Å². The lowest BCUT2D eigenvalue weighted by Gasteiger charge is -2.13. The van der Waals surface area contributed by atoms with Crippen molar-refractivity contribution in [3.8, 4) is 5.75 Å². The van der Waals surface area contributed by atoms with Crippen molar-refractivity contribution >= 4 is 0 Å². The van der Waals surface area contributed by atoms with E-state index in [0.717, 1.165) is 12.8 Å². The molecule has 0 spiro atoms. The van der Waals surface area contributed by atoms with Gasteiger partial charge in [0.25, 0.3) is 0 Å². The zero-order chi connectivity index (χ0) is 12.7. The number of aliphatic hydroxyl groups is 1. The van der Waals surface area contributed by atoms with Crippen LogP contribution in [0.1, 0.15) is 51.2 Å². The first-order valence-corrected chi connectivity index (χ1v) is 6.25. The molecule has 0 fully saturated rings. The SMILES string of the molecule is CCCCCCOc1ccc(F)cc1[C@@H](C)O. The second kappa shape index (κ2) is 7.28. The van der Waals surface area contributed by atoms with Gasteiger partial charge in [-0.2, -0.15) is 0 Å². The molecule has 0 aliphatic rings. The topological polar surface area (TPSA) is 29.5 Å². The lowest BCUT2D eigenvalue weighted by Crippen LogP contribution is -2.02. The number of aliphatic hydroxyl groups excluding tert-OH is 1. The highest BCUT2D eigenvalue weighted by atomic mass is 19.1. The summed E-state index contributed by atoms with van der Waals surface area (Å²) < 4.78 is 18.6. The average molecular weight is 240 g/mol. The van der Waals surface area contributed by atoms with Gasteiger partial charge in [0.2, 0.25) is 0 Å². The first kappa shape index (κ1) is 14.0. The highest BCUT2D eigenvalue weighted by Crippen LogP contribution is 2.26. The standard InChI is InChI=1S/C14H21FO2/c1-3-4-5-6-9-17-14-8-7-12(15)10-13(14)11(2)16/h7-8,10-11,16H,3-6,9H2,1-2H3/t11-/m1/s1. The summed E-state index contributed by atoms with van der Waals surface area (Å²) in [4.78, 5) is 0. The van der Waals surface area contributed by atoms with Gasteiger partial charge in [-0.3, -0.25) is 0 Å². The Kier molecular flexibility index (Phi) is 5.98. The first-order valence-electron chi connectivity index (χ1n) is 6.25. The van der Waals surface area contributed by atoms with Gasteiger partial charge in [-0.05, 0) is 31.5 Å². The Labute approximate surface area is 102 Å². The summed E-state index contributed by atoms with van der Waals surface area (Å²) in [5.74, 6) is 0.233. The fourth-order valence-electron chi connectivity index (χ4n) is 1.69. The van der Waals surface area contributed by atoms with Crippen LogP contribution >= 0.6 is 0 Å². The summed E-state index contributed by atoms with van der Waals surface area (Å²) in [6.45, 7) is 4.39. The summed E-state index contributed by atoms with van der Waals surface area (Å²) in [5.41, 5.74) is 0.514. The average Bonchev–Trinajstić information content (AvgIpc) is 2.30. The van der Waals surface area contributed by atoms with E-state index in [1.807, 2.05) is 0 Å². The Hall–Kier alpha value is -1.09. The van der Waals surface area contributed by atoms with E-state index in [1.165, 1.54) is 25.0 Å². The number of hydrogen-bond donors (Lipinski definition) is 1. The Morgan fingerprint density at radius 3 is 2.71 bits per heavy atom. The molecule has 96 valence electrons. The third-order valence-corrected chi connectivity index (χ3v) is 2.68. The van der Waals surface area contributed by atoms with Crippen LogP contribution in [-0.2, 0) is 0 Å². The predicted octanol–water partition coefficient (Wildman–Crippen LogP) is 3.84. The second-order valence-electron chi connectivity index (χ2n) is 4.27. The molecule has 17 heavy (non-hydrogen) atoms. The van der Waals surface area contributed by atoms with E-state index in [0.29, 0.717) is 17.9 Å². The van der Waals surface area contributed by atoms with Gasteiger partial charge >= 0.3 is 0 Å². The molecule has 0 saturated carbocycles. The maximum absolute atomic E-state index is 13.0. The summed E-state index contributed by atoms with van der Waals surface area (Å²) in [7, 11) is 0. The zero-order valence-corrected chi connectivity index (χ0v) is 10.6. The minimum absolute atomic E-state index is 0.348. The molecule has 0 aliphatic carbocycles. The van der Waals surface area contributed by atoms with Crippen LogP contribution in [0.25, 0.3) is 0 Å². The Balaban J connectivity index is 2.52. The van der Waals surface area contributed by atoms with Crippen molar-refractivity contribution in [1.82, 2.24) is 0 Å². The normalized spacial score (nSPS) is 12.5. The highest BCUT2D eigenvalue weighted by Gasteiger charge is 2.10. The monoisotopic (exact) mass is 240 g/mol. The first-order chi connectivity index (χ1) is 8.15. The van der Waals surface area contributed by atoms with E-state index in [1.54, 1.807) is 13.0 Å². The van der Waals surface area contributed by atoms with Crippen LogP contribution in [0, 0.1) is 5.82 Å². The van der Waals surface area contributed by atoms with Crippen LogP contribution in [0.3, 0.4) is 0 Å². The van der Waals surface area contributed by atoms with Gasteiger partial charge in [0.15, 0.2) is 0 Å². The number of unbranched alkanes of at least 4 members (excludes halogenated alkanes) is 3. The summed E-state index contributed by atoms with van der Waals surface area (Å²) in [6, 6.07) is 4.26. The number of hydrogen-bond acceptors (Lipinski definition) is 2. The molecule has 0 aliphatic heterocycles. The van der Waals surface area contributed by atoms with Crippen molar-refractivity contribution in [3.63, 3.8) is 0 Å². The van der Waals surface area contributed by atoms with Gasteiger partial charge in [0.1, 0.15) is 11.6 Å². The van der Waals surface area contributed by atoms with Crippen molar-refractivity contribution in [3.05, 3.63) is 29.6 Å². The molecule has 0 amide bonds. The molecule has 1 N–H and O–H groups in total. The number of halogens is 1. The van der Waals surface area contributed by atoms with E-state index in [-0.39, 0.29) is 5.82 Å². The smallest absolute Gasteiger partial charge is 0.125 e. The molecular weight excluding hydrogens is 219 g/mol. The number of rotatable bonds is 7. The fraction of sp³-hybridized carbons (Fsp3) is 0.571. The lowest BCUT2D eigenvalue weighted by atomic mass is 10.1. The molecule has 2 nitrogen and oxygen atoms in total. The van der Waals surface area contributed by atoms with Crippen molar-refractivity contribution in [2.45, 2.75) is 45.6 Å². The molecule has 1 aromatic rings. The van der Waals surface area contributed by atoms with Gasteiger partial charge in [-0.15, -0.1) is 0 Å². The van der Waals surface area contributed by atoms with Crippen LogP contribution in [0.2, 0.25) is 0 Å². The van der Waals surface area contributed by atoms with Gasteiger partial charge in [0.05, 0.1) is 12.7 Å². The third kappa shape index (κ3) is 4.73. The Bertz CT molecular complexity index is 337. The Morgan fingerprint density at radius 2 is 2.06 bits per heavy atom. The molecule has 3 heteroatoms. The van der Waals surface area contributed by atoms with E-state index in [2.05, 4.69) is 6.92 Å². The molecule has 1 rings (SSSR count). The molecule has 1 atom stereocenters. The van der Waals surface area contributed by atoms with Crippen LogP contribution < -0.4 is 4.74 Å². The quantitative estimate of drug-likeness (QED) is 0.734. The maximum atomic E-state index is 13.0. The summed E-state index contributed by atoms with van der Waals surface area (Å²) >= 11 is 0. The largest absolute Gasteiger partial charge is 0.493 e. The molecule has 0 bridgehead atoms. The van der Waals surface area contributed by atoms with Crippen LogP contribution in [0.15, 0.2) is 18.2 Å². The lowest BCUT2D eigenvalue weighted by molar-refractivity contribution is 0.190. The van der Waals surface area contributed by atoms with Crippen molar-refractivity contribution < 1.29 is 14.2 Å². The molecular formula is C14H21FO2. The minimum Gasteiger partial charge on any atom is -0.493 e. The maximum Gasteiger partial charge on any atom is 0.125 e. The van der Waals surface area contributed by atoms with Gasteiger partial charge in [-0.1, -0.05) is 26.2 Å². The van der Waals surface area contributed by atoms with E-state index < -0.39 is 6.10 Å². The molecule has 0 saturated heterocycles. The van der Waals surface area contributed by atoms with Crippen molar-refractivity contribution in [1.29, 1.82) is 0 Å². The molecule has 0 radical (unpaired) electrons. The van der Waals surface area contributed by atoms with Crippen molar-refractivity contribution in [2.75, 3.05) is 6.61 Å². The number of benzene rings is 1. The zero-order valence-electron chi connectivity index (χ0n) is 10.6. The van der Waals surface area contributed by atoms with Gasteiger partial charge in [-0.25, -0.2) is 4.39 Å². The highest BCUT2D eigenvalue weighted by molar-refractivity contribution is 5.35. The van der Waals surface area contributed by atoms with Gasteiger partial charge in [0, 0.05) is 5.56 Å². The Morgan fingerprint density at radius 1 is 1.29 bits per heavy atom. The molecule has 0 aromatic heterocycles. The van der Waals surface area contributed by atoms with Crippen LogP contribution in [0.5, 0.6) is 5.75 Å². The predicted molar refractivity (Wildman–Crippen MR) is 66.7 cm³/mol. The minimum atomic E-state index is -0.712. The van der Waals surface area contributed by atoms with E-state index >= 15 is 0 Å².